The molecule has 2 atom stereocenters. The summed E-state index contributed by atoms with van der Waals surface area (Å²) in [7, 11) is 0. The van der Waals surface area contributed by atoms with Crippen LogP contribution in [0.25, 0.3) is 0 Å². The van der Waals surface area contributed by atoms with Crippen LogP contribution in [0.2, 0.25) is 0 Å². The molecule has 1 unspecified atom stereocenters. The Balaban J connectivity index is 1.49. The SMILES string of the molecule is C[C@@H](C(=O)NC(/C=C/C(=O)NN1CCc2ccccc21)CCc1ccccc1)N(C(=O)OC(C)(C)C)c1ccccc1. The Morgan fingerprint density at radius 1 is 0.952 bits per heavy atom. The van der Waals surface area contributed by atoms with E-state index in [1.54, 1.807) is 58.0 Å². The van der Waals surface area contributed by atoms with Crippen molar-refractivity contribution in [3.63, 3.8) is 0 Å². The number of hydrogen-bond acceptors (Lipinski definition) is 5. The van der Waals surface area contributed by atoms with Gasteiger partial charge in [0.25, 0.3) is 5.91 Å². The summed E-state index contributed by atoms with van der Waals surface area (Å²) in [5.74, 6) is -0.639. The van der Waals surface area contributed by atoms with Crippen LogP contribution in [0.3, 0.4) is 0 Å². The van der Waals surface area contributed by atoms with E-state index in [4.69, 9.17) is 4.74 Å². The second-order valence-electron chi connectivity index (χ2n) is 11.4. The lowest BCUT2D eigenvalue weighted by atomic mass is 10.0. The predicted octanol–water partition coefficient (Wildman–Crippen LogP) is 5.58. The number of para-hydroxylation sites is 2. The van der Waals surface area contributed by atoms with Gasteiger partial charge >= 0.3 is 6.09 Å². The molecule has 3 aromatic rings. The number of fused-ring (bicyclic) bond motifs is 1. The Bertz CT molecular complexity index is 1390. The highest BCUT2D eigenvalue weighted by molar-refractivity contribution is 5.97. The molecule has 2 N–H and O–H groups in total. The molecule has 3 amide bonds. The number of ether oxygens (including phenoxy) is 1. The number of nitrogens with one attached hydrogen (secondary N) is 2. The molecule has 42 heavy (non-hydrogen) atoms. The molecule has 0 fully saturated rings. The van der Waals surface area contributed by atoms with Gasteiger partial charge in [-0.1, -0.05) is 72.8 Å². The molecule has 0 aromatic heterocycles. The molecule has 3 aromatic carbocycles. The number of rotatable bonds is 10. The van der Waals surface area contributed by atoms with Crippen LogP contribution in [0.1, 0.15) is 45.2 Å². The number of carbonyl (C=O) groups excluding carboxylic acids is 3. The summed E-state index contributed by atoms with van der Waals surface area (Å²) in [6.45, 7) is 7.73. The van der Waals surface area contributed by atoms with Crippen molar-refractivity contribution in [2.45, 2.75) is 64.6 Å². The van der Waals surface area contributed by atoms with Crippen LogP contribution >= 0.6 is 0 Å². The molecule has 1 aliphatic rings. The summed E-state index contributed by atoms with van der Waals surface area (Å²) >= 11 is 0. The van der Waals surface area contributed by atoms with E-state index in [0.717, 1.165) is 17.7 Å². The number of amides is 3. The highest BCUT2D eigenvalue weighted by Crippen LogP contribution is 2.25. The third-order valence-corrected chi connectivity index (χ3v) is 6.92. The van der Waals surface area contributed by atoms with Gasteiger partial charge in [0.1, 0.15) is 11.6 Å². The van der Waals surface area contributed by atoms with Crippen molar-refractivity contribution in [1.29, 1.82) is 0 Å². The first-order valence-electron chi connectivity index (χ1n) is 14.4. The first-order valence-corrected chi connectivity index (χ1v) is 14.4. The topological polar surface area (TPSA) is 91.0 Å². The standard InChI is InChI=1S/C34H40N4O4/c1-25(38(29-16-9-6-10-17-29)33(41)42-34(2,3)4)32(40)35-28(20-19-26-13-7-5-8-14-26)21-22-31(39)36-37-24-23-27-15-11-12-18-30(27)37/h5-18,21-22,25,28H,19-20,23-24H2,1-4H3,(H,35,40)(H,36,39)/b22-21+/t25-,28?/m0/s1. The van der Waals surface area contributed by atoms with Gasteiger partial charge in [0.15, 0.2) is 0 Å². The van der Waals surface area contributed by atoms with Crippen molar-refractivity contribution in [2.24, 2.45) is 0 Å². The molecule has 220 valence electrons. The van der Waals surface area contributed by atoms with E-state index in [-0.39, 0.29) is 11.8 Å². The van der Waals surface area contributed by atoms with E-state index in [1.165, 1.54) is 16.5 Å². The number of hydrazine groups is 1. The number of aryl methyl sites for hydroxylation is 1. The number of anilines is 2. The van der Waals surface area contributed by atoms with Gasteiger partial charge < -0.3 is 10.1 Å². The molecule has 0 spiro atoms. The fraction of sp³-hybridized carbons (Fsp3) is 0.324. The summed E-state index contributed by atoms with van der Waals surface area (Å²) < 4.78 is 5.64. The van der Waals surface area contributed by atoms with Gasteiger partial charge in [-0.15, -0.1) is 0 Å². The van der Waals surface area contributed by atoms with Crippen LogP contribution in [0, 0.1) is 0 Å². The van der Waals surface area contributed by atoms with Gasteiger partial charge in [-0.25, -0.2) is 4.79 Å². The molecule has 0 saturated carbocycles. The molecule has 8 heteroatoms. The zero-order valence-electron chi connectivity index (χ0n) is 24.7. The van der Waals surface area contributed by atoms with Gasteiger partial charge in [-0.05, 0) is 76.3 Å². The fourth-order valence-electron chi connectivity index (χ4n) is 4.82. The maximum atomic E-state index is 13.6. The Morgan fingerprint density at radius 2 is 1.60 bits per heavy atom. The van der Waals surface area contributed by atoms with Gasteiger partial charge in [-0.3, -0.25) is 24.9 Å². The van der Waals surface area contributed by atoms with Gasteiger partial charge in [-0.2, -0.15) is 0 Å². The maximum Gasteiger partial charge on any atom is 0.415 e. The lowest BCUT2D eigenvalue weighted by molar-refractivity contribution is -0.122. The van der Waals surface area contributed by atoms with E-state index in [1.807, 2.05) is 59.6 Å². The largest absolute Gasteiger partial charge is 0.443 e. The third kappa shape index (κ3) is 8.46. The lowest BCUT2D eigenvalue weighted by Crippen LogP contribution is -2.51. The van der Waals surface area contributed by atoms with Crippen molar-refractivity contribution in [3.05, 3.63) is 108 Å². The molecule has 8 nitrogen and oxygen atoms in total. The zero-order valence-corrected chi connectivity index (χ0v) is 24.7. The van der Waals surface area contributed by atoms with E-state index in [0.29, 0.717) is 25.1 Å². The van der Waals surface area contributed by atoms with Gasteiger partial charge in [0, 0.05) is 24.4 Å². The minimum Gasteiger partial charge on any atom is -0.443 e. The smallest absolute Gasteiger partial charge is 0.415 e. The van der Waals surface area contributed by atoms with Crippen LogP contribution < -0.4 is 20.7 Å². The molecular weight excluding hydrogens is 528 g/mol. The first kappa shape index (κ1) is 30.4. The number of nitrogens with zero attached hydrogens (tertiary/aromatic N) is 2. The Kier molecular flexibility index (Phi) is 10.0. The summed E-state index contributed by atoms with van der Waals surface area (Å²) in [6.07, 6.45) is 4.69. The Labute approximate surface area is 248 Å². The van der Waals surface area contributed by atoms with Gasteiger partial charge in [0.2, 0.25) is 5.91 Å². The van der Waals surface area contributed by atoms with E-state index in [9.17, 15) is 14.4 Å². The summed E-state index contributed by atoms with van der Waals surface area (Å²) in [6, 6.07) is 25.6. The lowest BCUT2D eigenvalue weighted by Gasteiger charge is -2.31. The second-order valence-corrected chi connectivity index (χ2v) is 11.4. The fourth-order valence-corrected chi connectivity index (χ4v) is 4.82. The summed E-state index contributed by atoms with van der Waals surface area (Å²) in [5.41, 5.74) is 6.07. The summed E-state index contributed by atoms with van der Waals surface area (Å²) in [4.78, 5) is 41.1. The normalized spacial score (nSPS) is 14.1. The zero-order chi connectivity index (χ0) is 30.1. The molecule has 4 rings (SSSR count). The quantitative estimate of drug-likeness (QED) is 0.312. The molecule has 0 radical (unpaired) electrons. The van der Waals surface area contributed by atoms with Crippen molar-refractivity contribution in [2.75, 3.05) is 16.5 Å². The molecule has 1 heterocycles. The predicted molar refractivity (Wildman–Crippen MR) is 166 cm³/mol. The average Bonchev–Trinajstić information content (AvgIpc) is 3.37. The Morgan fingerprint density at radius 3 is 2.29 bits per heavy atom. The summed E-state index contributed by atoms with van der Waals surface area (Å²) in [5, 5.41) is 4.90. The molecule has 1 aliphatic heterocycles. The van der Waals surface area contributed by atoms with Crippen molar-refractivity contribution >= 4 is 29.3 Å². The Hall–Kier alpha value is -4.59. The number of hydrogen-bond donors (Lipinski definition) is 2. The van der Waals surface area contributed by atoms with Gasteiger partial charge in [0.05, 0.1) is 5.69 Å². The molecule has 0 bridgehead atoms. The van der Waals surface area contributed by atoms with Crippen molar-refractivity contribution < 1.29 is 19.1 Å². The highest BCUT2D eigenvalue weighted by atomic mass is 16.6. The van der Waals surface area contributed by atoms with E-state index in [2.05, 4.69) is 16.8 Å². The average molecular weight is 569 g/mol. The van der Waals surface area contributed by atoms with E-state index >= 15 is 0 Å². The first-order chi connectivity index (χ1) is 20.1. The number of benzene rings is 3. The van der Waals surface area contributed by atoms with Crippen LogP contribution in [0.15, 0.2) is 97.1 Å². The number of carbonyl (C=O) groups is 3. The highest BCUT2D eigenvalue weighted by Gasteiger charge is 2.32. The van der Waals surface area contributed by atoms with E-state index < -0.39 is 23.8 Å². The van der Waals surface area contributed by atoms with Crippen molar-refractivity contribution in [1.82, 2.24) is 10.7 Å². The van der Waals surface area contributed by atoms with Crippen LogP contribution in [0.4, 0.5) is 16.2 Å². The molecular formula is C34H40N4O4. The minimum absolute atomic E-state index is 0.279. The van der Waals surface area contributed by atoms with Crippen LogP contribution in [-0.2, 0) is 27.2 Å². The van der Waals surface area contributed by atoms with Crippen LogP contribution in [0.5, 0.6) is 0 Å². The minimum atomic E-state index is -0.871. The molecule has 0 saturated heterocycles. The van der Waals surface area contributed by atoms with Crippen molar-refractivity contribution in [3.8, 4) is 0 Å². The third-order valence-electron chi connectivity index (χ3n) is 6.92. The second kappa shape index (κ2) is 13.9. The monoisotopic (exact) mass is 568 g/mol. The molecule has 0 aliphatic carbocycles. The maximum absolute atomic E-state index is 13.6. The van der Waals surface area contributed by atoms with Crippen LogP contribution in [-0.4, -0.2) is 42.1 Å².